The summed E-state index contributed by atoms with van der Waals surface area (Å²) in [5, 5.41) is 0. The molecule has 0 rings (SSSR count). The molecule has 0 amide bonds. The van der Waals surface area contributed by atoms with Gasteiger partial charge in [-0.2, -0.15) is 0 Å². The van der Waals surface area contributed by atoms with Gasteiger partial charge in [0.25, 0.3) is 0 Å². The molecular weight excluding hydrogens is 416 g/mol. The summed E-state index contributed by atoms with van der Waals surface area (Å²) in [7, 11) is 0. The van der Waals surface area contributed by atoms with E-state index in [0.29, 0.717) is 0 Å². The minimum absolute atomic E-state index is 0.0986. The molecule has 0 aromatic carbocycles. The van der Waals surface area contributed by atoms with E-state index in [2.05, 4.69) is 13.8 Å². The first kappa shape index (κ1) is 36.0. The summed E-state index contributed by atoms with van der Waals surface area (Å²) in [6.07, 6.45) is 35.1. The number of hydrogen-bond donors (Lipinski definition) is 4. The van der Waals surface area contributed by atoms with Crippen LogP contribution < -0.4 is 22.9 Å². The van der Waals surface area contributed by atoms with Crippen molar-refractivity contribution >= 4 is 0 Å². The summed E-state index contributed by atoms with van der Waals surface area (Å²) in [4.78, 5) is 0. The molecule has 0 radical (unpaired) electrons. The largest absolute Gasteiger partial charge is 0.316 e. The minimum atomic E-state index is -0.0993. The molecule has 4 heteroatoms. The first-order valence-electron chi connectivity index (χ1n) is 15.6. The lowest BCUT2D eigenvalue weighted by atomic mass is 10.0. The van der Waals surface area contributed by atoms with E-state index in [1.165, 1.54) is 154 Å². The third-order valence-corrected chi connectivity index (χ3v) is 6.78. The molecule has 0 fully saturated rings. The molecule has 0 saturated heterocycles. The molecule has 8 N–H and O–H groups in total. The van der Waals surface area contributed by atoms with Crippen LogP contribution in [0.3, 0.4) is 0 Å². The van der Waals surface area contributed by atoms with Gasteiger partial charge in [0, 0.05) is 0 Å². The van der Waals surface area contributed by atoms with Crippen LogP contribution in [0.4, 0.5) is 0 Å². The van der Waals surface area contributed by atoms with Crippen LogP contribution in [-0.4, -0.2) is 12.3 Å². The lowest BCUT2D eigenvalue weighted by Crippen LogP contribution is -2.29. The van der Waals surface area contributed by atoms with E-state index >= 15 is 0 Å². The highest BCUT2D eigenvalue weighted by Crippen LogP contribution is 2.13. The van der Waals surface area contributed by atoms with Gasteiger partial charge >= 0.3 is 0 Å². The van der Waals surface area contributed by atoms with Gasteiger partial charge in [-0.05, 0) is 12.8 Å². The molecule has 208 valence electrons. The lowest BCUT2D eigenvalue weighted by Gasteiger charge is -2.05. The predicted molar refractivity (Wildman–Crippen MR) is 156 cm³/mol. The molecule has 0 aliphatic rings. The van der Waals surface area contributed by atoms with Crippen molar-refractivity contribution in [1.29, 1.82) is 0 Å². The summed E-state index contributed by atoms with van der Waals surface area (Å²) >= 11 is 0. The molecule has 0 saturated carbocycles. The van der Waals surface area contributed by atoms with Crippen LogP contribution in [0.25, 0.3) is 0 Å². The molecule has 34 heavy (non-hydrogen) atoms. The molecule has 0 aliphatic heterocycles. The van der Waals surface area contributed by atoms with Gasteiger partial charge in [-0.3, -0.25) is 0 Å². The highest BCUT2D eigenvalue weighted by atomic mass is 14.8. The maximum Gasteiger partial charge on any atom is 0.0520 e. The van der Waals surface area contributed by atoms with Crippen LogP contribution in [0.1, 0.15) is 181 Å². The average molecular weight is 485 g/mol. The zero-order chi connectivity index (χ0) is 25.5. The van der Waals surface area contributed by atoms with Crippen LogP contribution in [-0.2, 0) is 0 Å². The van der Waals surface area contributed by atoms with E-state index in [4.69, 9.17) is 22.9 Å². The Morgan fingerprint density at radius 1 is 0.294 bits per heavy atom. The first-order chi connectivity index (χ1) is 16.5. The van der Waals surface area contributed by atoms with Crippen molar-refractivity contribution < 1.29 is 0 Å². The highest BCUT2D eigenvalue weighted by Gasteiger charge is 1.97. The van der Waals surface area contributed by atoms with Gasteiger partial charge in [0.05, 0.1) is 12.3 Å². The maximum absolute atomic E-state index is 5.51. The summed E-state index contributed by atoms with van der Waals surface area (Å²) in [5.41, 5.74) is 22.0. The van der Waals surface area contributed by atoms with Gasteiger partial charge < -0.3 is 22.9 Å². The molecule has 0 aromatic rings. The van der Waals surface area contributed by atoms with Gasteiger partial charge in [-0.25, -0.2) is 0 Å². The summed E-state index contributed by atoms with van der Waals surface area (Å²) in [6.45, 7) is 4.55. The third kappa shape index (κ3) is 39.1. The number of unbranched alkanes of at least 4 members (excludes halogenated alkanes) is 22. The van der Waals surface area contributed by atoms with Crippen LogP contribution in [0, 0.1) is 0 Å². The molecular formula is C30H68N4. The molecule has 0 bridgehead atoms. The van der Waals surface area contributed by atoms with Gasteiger partial charge in [0.15, 0.2) is 0 Å². The second kappa shape index (κ2) is 32.8. The summed E-state index contributed by atoms with van der Waals surface area (Å²) < 4.78 is 0. The topological polar surface area (TPSA) is 104 Å². The number of hydrogen-bond acceptors (Lipinski definition) is 4. The molecule has 0 unspecified atom stereocenters. The second-order valence-corrected chi connectivity index (χ2v) is 10.7. The van der Waals surface area contributed by atoms with E-state index in [1.807, 2.05) is 0 Å². The molecule has 0 aromatic heterocycles. The predicted octanol–water partition coefficient (Wildman–Crippen LogP) is 8.64. The number of rotatable bonds is 26. The average Bonchev–Trinajstić information content (AvgIpc) is 2.80. The van der Waals surface area contributed by atoms with Crippen LogP contribution in [0.2, 0.25) is 0 Å². The summed E-state index contributed by atoms with van der Waals surface area (Å²) in [6, 6.07) is 0. The SMILES string of the molecule is CCCCCCCCCCCCCC(N)N.CCCCCCCCCCCCCCCC(N)N. The smallest absolute Gasteiger partial charge is 0.0520 e. The van der Waals surface area contributed by atoms with Crippen molar-refractivity contribution in [1.82, 2.24) is 0 Å². The van der Waals surface area contributed by atoms with Crippen molar-refractivity contribution in [3.05, 3.63) is 0 Å². The zero-order valence-electron chi connectivity index (χ0n) is 23.8. The standard InChI is InChI=1S/C16H36N2.C14H32N2/c1-2-3-4-5-6-7-8-9-10-11-12-13-14-15-16(17)18;1-2-3-4-5-6-7-8-9-10-11-12-13-14(15)16/h16H,2-15,17-18H2,1H3;14H,2-13,15-16H2,1H3. The Balaban J connectivity index is 0. The minimum Gasteiger partial charge on any atom is -0.316 e. The second-order valence-electron chi connectivity index (χ2n) is 10.7. The van der Waals surface area contributed by atoms with E-state index in [9.17, 15) is 0 Å². The van der Waals surface area contributed by atoms with Gasteiger partial charge in [-0.1, -0.05) is 168 Å². The van der Waals surface area contributed by atoms with Crippen molar-refractivity contribution in [3.8, 4) is 0 Å². The van der Waals surface area contributed by atoms with Gasteiger partial charge in [0.2, 0.25) is 0 Å². The van der Waals surface area contributed by atoms with E-state index in [0.717, 1.165) is 12.8 Å². The van der Waals surface area contributed by atoms with Crippen LogP contribution >= 0.6 is 0 Å². The maximum atomic E-state index is 5.51. The summed E-state index contributed by atoms with van der Waals surface area (Å²) in [5.74, 6) is 0. The number of nitrogens with two attached hydrogens (primary N) is 4. The Morgan fingerprint density at radius 3 is 0.647 bits per heavy atom. The quantitative estimate of drug-likeness (QED) is 0.0728. The lowest BCUT2D eigenvalue weighted by molar-refractivity contribution is 0.521. The van der Waals surface area contributed by atoms with E-state index in [-0.39, 0.29) is 12.3 Å². The Hall–Kier alpha value is -0.160. The Morgan fingerprint density at radius 2 is 0.471 bits per heavy atom. The Bertz CT molecular complexity index is 334. The van der Waals surface area contributed by atoms with Gasteiger partial charge in [0.1, 0.15) is 0 Å². The van der Waals surface area contributed by atoms with Crippen LogP contribution in [0.5, 0.6) is 0 Å². The molecule has 4 nitrogen and oxygen atoms in total. The zero-order valence-corrected chi connectivity index (χ0v) is 23.8. The molecule has 0 heterocycles. The fourth-order valence-corrected chi connectivity index (χ4v) is 4.44. The fraction of sp³-hybridized carbons (Fsp3) is 1.00. The fourth-order valence-electron chi connectivity index (χ4n) is 4.44. The van der Waals surface area contributed by atoms with Gasteiger partial charge in [-0.15, -0.1) is 0 Å². The van der Waals surface area contributed by atoms with Crippen molar-refractivity contribution in [2.45, 2.75) is 193 Å². The molecule has 0 spiro atoms. The molecule has 0 atom stereocenters. The van der Waals surface area contributed by atoms with Crippen LogP contribution in [0.15, 0.2) is 0 Å². The monoisotopic (exact) mass is 485 g/mol. The van der Waals surface area contributed by atoms with E-state index < -0.39 is 0 Å². The third-order valence-electron chi connectivity index (χ3n) is 6.78. The Kier molecular flexibility index (Phi) is 34.8. The van der Waals surface area contributed by atoms with Crippen molar-refractivity contribution in [2.75, 3.05) is 0 Å². The Labute approximate surface area is 216 Å². The molecule has 0 aliphatic carbocycles. The normalized spacial score (nSPS) is 11.3. The highest BCUT2D eigenvalue weighted by molar-refractivity contribution is 4.54. The van der Waals surface area contributed by atoms with Crippen molar-refractivity contribution in [3.63, 3.8) is 0 Å². The first-order valence-corrected chi connectivity index (χ1v) is 15.6. The van der Waals surface area contributed by atoms with E-state index in [1.54, 1.807) is 0 Å². The van der Waals surface area contributed by atoms with Crippen molar-refractivity contribution in [2.24, 2.45) is 22.9 Å².